The van der Waals surface area contributed by atoms with Crippen LogP contribution in [0.3, 0.4) is 0 Å². The number of amides is 1. The zero-order valence-electron chi connectivity index (χ0n) is 11.7. The lowest BCUT2D eigenvalue weighted by Gasteiger charge is -2.04. The van der Waals surface area contributed by atoms with Crippen molar-refractivity contribution < 1.29 is 14.7 Å². The number of anilines is 1. The molecule has 0 radical (unpaired) electrons. The molecule has 6 heteroatoms. The number of nitrogens with zero attached hydrogens (tertiary/aromatic N) is 1. The van der Waals surface area contributed by atoms with Crippen LogP contribution in [-0.2, 0) is 16.0 Å². The summed E-state index contributed by atoms with van der Waals surface area (Å²) < 4.78 is 0. The van der Waals surface area contributed by atoms with Gasteiger partial charge in [0.15, 0.2) is 0 Å². The Bertz CT molecular complexity index is 571. The highest BCUT2D eigenvalue weighted by Crippen LogP contribution is 2.10. The van der Waals surface area contributed by atoms with Gasteiger partial charge in [-0.3, -0.25) is 9.59 Å². The van der Waals surface area contributed by atoms with Gasteiger partial charge in [0.05, 0.1) is 6.42 Å². The molecule has 110 valence electrons. The molecular weight excluding hydrogens is 270 g/mol. The Morgan fingerprint density at radius 3 is 2.52 bits per heavy atom. The Kier molecular flexibility index (Phi) is 6.48. The standard InChI is InChI=1S/C15H17N3O3/c1-2-7-17-15(21)12(9-16)10-18-13-5-3-11(4-6-13)8-14(19)20/h3-6,10,18H,2,7-8H2,1H3,(H,17,21)(H,19,20)/b12-10-. The van der Waals surface area contributed by atoms with E-state index in [0.717, 1.165) is 6.42 Å². The fraction of sp³-hybridized carbons (Fsp3) is 0.267. The number of carbonyl (C=O) groups excluding carboxylic acids is 1. The van der Waals surface area contributed by atoms with Crippen molar-refractivity contribution in [1.29, 1.82) is 5.26 Å². The van der Waals surface area contributed by atoms with Crippen LogP contribution in [0.25, 0.3) is 0 Å². The Balaban J connectivity index is 2.67. The van der Waals surface area contributed by atoms with Crippen LogP contribution in [0.2, 0.25) is 0 Å². The van der Waals surface area contributed by atoms with Gasteiger partial charge in [0.1, 0.15) is 11.6 Å². The summed E-state index contributed by atoms with van der Waals surface area (Å²) in [6, 6.07) is 8.55. The highest BCUT2D eigenvalue weighted by molar-refractivity contribution is 5.97. The van der Waals surface area contributed by atoms with Crippen molar-refractivity contribution in [3.05, 3.63) is 41.6 Å². The molecule has 0 aliphatic rings. The van der Waals surface area contributed by atoms with E-state index >= 15 is 0 Å². The topological polar surface area (TPSA) is 102 Å². The quantitative estimate of drug-likeness (QED) is 0.523. The summed E-state index contributed by atoms with van der Waals surface area (Å²) in [4.78, 5) is 22.2. The maximum absolute atomic E-state index is 11.6. The van der Waals surface area contributed by atoms with Gasteiger partial charge >= 0.3 is 5.97 Å². The number of carbonyl (C=O) groups is 2. The van der Waals surface area contributed by atoms with E-state index in [-0.39, 0.29) is 12.0 Å². The highest BCUT2D eigenvalue weighted by Gasteiger charge is 2.07. The second-order valence-electron chi connectivity index (χ2n) is 4.34. The Morgan fingerprint density at radius 1 is 1.33 bits per heavy atom. The number of benzene rings is 1. The molecule has 1 aromatic rings. The molecule has 0 aromatic heterocycles. The number of hydrogen-bond acceptors (Lipinski definition) is 4. The van der Waals surface area contributed by atoms with Gasteiger partial charge in [0.2, 0.25) is 0 Å². The Labute approximate surface area is 123 Å². The predicted molar refractivity (Wildman–Crippen MR) is 78.4 cm³/mol. The number of rotatable bonds is 7. The summed E-state index contributed by atoms with van der Waals surface area (Å²) in [5, 5.41) is 23.1. The van der Waals surface area contributed by atoms with Crippen molar-refractivity contribution in [2.45, 2.75) is 19.8 Å². The lowest BCUT2D eigenvalue weighted by atomic mass is 10.1. The molecule has 0 saturated heterocycles. The van der Waals surface area contributed by atoms with E-state index in [1.165, 1.54) is 6.20 Å². The number of nitriles is 1. The summed E-state index contributed by atoms with van der Waals surface area (Å²) in [6.07, 6.45) is 2.08. The van der Waals surface area contributed by atoms with Gasteiger partial charge in [0.25, 0.3) is 5.91 Å². The summed E-state index contributed by atoms with van der Waals surface area (Å²) in [7, 11) is 0. The van der Waals surface area contributed by atoms with E-state index in [4.69, 9.17) is 10.4 Å². The number of carboxylic acids is 1. The second-order valence-corrected chi connectivity index (χ2v) is 4.34. The minimum absolute atomic E-state index is 0.0157. The molecule has 0 aliphatic carbocycles. The van der Waals surface area contributed by atoms with Crippen molar-refractivity contribution in [3.8, 4) is 6.07 Å². The third-order valence-corrected chi connectivity index (χ3v) is 2.59. The zero-order valence-corrected chi connectivity index (χ0v) is 11.7. The van der Waals surface area contributed by atoms with Crippen molar-refractivity contribution in [3.63, 3.8) is 0 Å². The number of nitrogens with one attached hydrogen (secondary N) is 2. The predicted octanol–water partition coefficient (Wildman–Crippen LogP) is 1.66. The average molecular weight is 287 g/mol. The second kappa shape index (κ2) is 8.38. The van der Waals surface area contributed by atoms with Crippen LogP contribution in [0.5, 0.6) is 0 Å². The smallest absolute Gasteiger partial charge is 0.307 e. The van der Waals surface area contributed by atoms with E-state index in [0.29, 0.717) is 17.8 Å². The van der Waals surface area contributed by atoms with Crippen molar-refractivity contribution in [1.82, 2.24) is 5.32 Å². The molecule has 0 fully saturated rings. The van der Waals surface area contributed by atoms with Crippen LogP contribution < -0.4 is 10.6 Å². The molecular formula is C15H17N3O3. The molecule has 0 saturated carbocycles. The van der Waals surface area contributed by atoms with E-state index in [9.17, 15) is 9.59 Å². The van der Waals surface area contributed by atoms with Crippen LogP contribution in [-0.4, -0.2) is 23.5 Å². The van der Waals surface area contributed by atoms with Gasteiger partial charge in [-0.25, -0.2) is 0 Å². The summed E-state index contributed by atoms with van der Waals surface area (Å²) in [5.74, 6) is -1.32. The van der Waals surface area contributed by atoms with Gasteiger partial charge in [0, 0.05) is 18.4 Å². The minimum Gasteiger partial charge on any atom is -0.481 e. The monoisotopic (exact) mass is 287 g/mol. The first-order valence-corrected chi connectivity index (χ1v) is 6.52. The first-order valence-electron chi connectivity index (χ1n) is 6.52. The summed E-state index contributed by atoms with van der Waals surface area (Å²) in [5.41, 5.74) is 1.33. The molecule has 1 amide bonds. The van der Waals surface area contributed by atoms with Crippen molar-refractivity contribution in [2.24, 2.45) is 0 Å². The molecule has 0 heterocycles. The molecule has 6 nitrogen and oxygen atoms in total. The maximum atomic E-state index is 11.6. The zero-order chi connectivity index (χ0) is 15.7. The van der Waals surface area contributed by atoms with Crippen LogP contribution in [0.4, 0.5) is 5.69 Å². The molecule has 0 bridgehead atoms. The van der Waals surface area contributed by atoms with Crippen LogP contribution >= 0.6 is 0 Å². The van der Waals surface area contributed by atoms with Gasteiger partial charge in [-0.2, -0.15) is 5.26 Å². The van der Waals surface area contributed by atoms with E-state index in [2.05, 4.69) is 10.6 Å². The molecule has 3 N–H and O–H groups in total. The molecule has 1 aromatic carbocycles. The maximum Gasteiger partial charge on any atom is 0.307 e. The van der Waals surface area contributed by atoms with Crippen LogP contribution in [0.15, 0.2) is 36.0 Å². The van der Waals surface area contributed by atoms with E-state index in [1.807, 2.05) is 13.0 Å². The fourth-order valence-corrected chi connectivity index (χ4v) is 1.53. The lowest BCUT2D eigenvalue weighted by Crippen LogP contribution is -2.25. The highest BCUT2D eigenvalue weighted by atomic mass is 16.4. The van der Waals surface area contributed by atoms with Gasteiger partial charge in [-0.15, -0.1) is 0 Å². The van der Waals surface area contributed by atoms with Crippen LogP contribution in [0.1, 0.15) is 18.9 Å². The fourth-order valence-electron chi connectivity index (χ4n) is 1.53. The van der Waals surface area contributed by atoms with Gasteiger partial charge in [-0.1, -0.05) is 19.1 Å². The molecule has 0 aliphatic heterocycles. The van der Waals surface area contributed by atoms with Gasteiger partial charge in [-0.05, 0) is 24.1 Å². The first-order chi connectivity index (χ1) is 10.1. The van der Waals surface area contributed by atoms with E-state index < -0.39 is 11.9 Å². The number of aliphatic carboxylic acids is 1. The number of hydrogen-bond donors (Lipinski definition) is 3. The first kappa shape index (κ1) is 16.2. The van der Waals surface area contributed by atoms with Gasteiger partial charge < -0.3 is 15.7 Å². The minimum atomic E-state index is -0.894. The largest absolute Gasteiger partial charge is 0.481 e. The van der Waals surface area contributed by atoms with Crippen molar-refractivity contribution >= 4 is 17.6 Å². The summed E-state index contributed by atoms with van der Waals surface area (Å²) in [6.45, 7) is 2.44. The Morgan fingerprint density at radius 2 is 2.00 bits per heavy atom. The molecule has 1 rings (SSSR count). The molecule has 0 atom stereocenters. The normalized spacial score (nSPS) is 10.6. The lowest BCUT2D eigenvalue weighted by molar-refractivity contribution is -0.136. The summed E-state index contributed by atoms with van der Waals surface area (Å²) >= 11 is 0. The van der Waals surface area contributed by atoms with E-state index in [1.54, 1.807) is 24.3 Å². The average Bonchev–Trinajstić information content (AvgIpc) is 2.46. The van der Waals surface area contributed by atoms with Crippen LogP contribution in [0, 0.1) is 11.3 Å². The Hall–Kier alpha value is -2.81. The third kappa shape index (κ3) is 5.78. The number of carboxylic acid groups (broad SMARTS) is 1. The van der Waals surface area contributed by atoms with Crippen molar-refractivity contribution in [2.75, 3.05) is 11.9 Å². The SMILES string of the molecule is CCCNC(=O)/C(C#N)=C\Nc1ccc(CC(=O)O)cc1. The molecule has 0 spiro atoms. The molecule has 21 heavy (non-hydrogen) atoms. The third-order valence-electron chi connectivity index (χ3n) is 2.59. The molecule has 0 unspecified atom stereocenters.